The molecule has 3 rings (SSSR count). The van der Waals surface area contributed by atoms with Crippen LogP contribution in [-0.2, 0) is 11.3 Å². The van der Waals surface area contributed by atoms with Gasteiger partial charge in [0.05, 0.1) is 5.56 Å². The Morgan fingerprint density at radius 2 is 1.67 bits per heavy atom. The fraction of sp³-hybridized carbons (Fsp3) is 0.391. The molecule has 1 amide bonds. The predicted molar refractivity (Wildman–Crippen MR) is 109 cm³/mol. The number of hydrogen-bond donors (Lipinski definition) is 0. The number of piperazine rings is 1. The van der Waals surface area contributed by atoms with Gasteiger partial charge in [0, 0.05) is 31.7 Å². The predicted octanol–water partition coefficient (Wildman–Crippen LogP) is 3.67. The van der Waals surface area contributed by atoms with E-state index in [-0.39, 0.29) is 47.5 Å². The van der Waals surface area contributed by atoms with Crippen molar-refractivity contribution in [2.45, 2.75) is 39.4 Å². The smallest absolute Gasteiger partial charge is 0.260 e. The molecule has 7 heteroatoms. The number of nitrogens with zero attached hydrogens (tertiary/aromatic N) is 2. The van der Waals surface area contributed by atoms with Crippen LogP contribution in [0.3, 0.4) is 0 Å². The lowest BCUT2D eigenvalue weighted by atomic mass is 10.1. The van der Waals surface area contributed by atoms with Gasteiger partial charge < -0.3 is 9.64 Å². The molecular formula is C23H26F2N2O3. The summed E-state index contributed by atoms with van der Waals surface area (Å²) >= 11 is 0. The Morgan fingerprint density at radius 3 is 2.33 bits per heavy atom. The molecule has 2 aromatic rings. The summed E-state index contributed by atoms with van der Waals surface area (Å²) in [7, 11) is 0. The molecule has 2 atom stereocenters. The van der Waals surface area contributed by atoms with Crippen LogP contribution in [-0.4, -0.2) is 53.3 Å². The van der Waals surface area contributed by atoms with Crippen molar-refractivity contribution < 1.29 is 23.1 Å². The first-order valence-corrected chi connectivity index (χ1v) is 9.96. The summed E-state index contributed by atoms with van der Waals surface area (Å²) in [6, 6.07) is 10.2. The highest BCUT2D eigenvalue weighted by atomic mass is 19.1. The first kappa shape index (κ1) is 21.9. The summed E-state index contributed by atoms with van der Waals surface area (Å²) < 4.78 is 32.1. The zero-order valence-corrected chi connectivity index (χ0v) is 17.4. The topological polar surface area (TPSA) is 49.9 Å². The average molecular weight is 416 g/mol. The molecule has 2 aromatic carbocycles. The number of rotatable bonds is 6. The maximum Gasteiger partial charge on any atom is 0.260 e. The van der Waals surface area contributed by atoms with Crippen LogP contribution in [0.25, 0.3) is 0 Å². The lowest BCUT2D eigenvalue weighted by Crippen LogP contribution is -2.58. The van der Waals surface area contributed by atoms with Crippen LogP contribution in [0, 0.1) is 11.6 Å². The number of ketones is 1. The van der Waals surface area contributed by atoms with Gasteiger partial charge in [-0.15, -0.1) is 0 Å². The summed E-state index contributed by atoms with van der Waals surface area (Å²) in [6.45, 7) is 7.02. The zero-order chi connectivity index (χ0) is 21.8. The van der Waals surface area contributed by atoms with Crippen molar-refractivity contribution in [3.8, 4) is 5.75 Å². The summed E-state index contributed by atoms with van der Waals surface area (Å²) in [5.74, 6) is -1.10. The molecule has 0 radical (unpaired) electrons. The second kappa shape index (κ2) is 9.34. The first-order valence-electron chi connectivity index (χ1n) is 9.96. The molecule has 0 saturated carbocycles. The lowest BCUT2D eigenvalue weighted by Gasteiger charge is -2.44. The Bertz CT molecular complexity index is 917. The SMILES string of the molecule is CC(=O)c1cc(F)ccc1OCC(=O)N1C[C@H](C)N(Cc2ccc(F)cc2)C[C@H]1C. The summed E-state index contributed by atoms with van der Waals surface area (Å²) in [5, 5.41) is 0. The van der Waals surface area contributed by atoms with E-state index in [1.807, 2.05) is 13.8 Å². The number of amides is 1. The molecule has 0 aliphatic carbocycles. The summed E-state index contributed by atoms with van der Waals surface area (Å²) in [6.07, 6.45) is 0. The van der Waals surface area contributed by atoms with Gasteiger partial charge in [-0.2, -0.15) is 0 Å². The molecule has 1 saturated heterocycles. The third kappa shape index (κ3) is 5.21. The normalized spacial score (nSPS) is 19.6. The zero-order valence-electron chi connectivity index (χ0n) is 17.4. The van der Waals surface area contributed by atoms with Crippen LogP contribution >= 0.6 is 0 Å². The Hall–Kier alpha value is -2.80. The van der Waals surface area contributed by atoms with E-state index in [4.69, 9.17) is 4.74 Å². The number of carbonyl (C=O) groups excluding carboxylic acids is 2. The number of Topliss-reactive ketones (excluding diaryl/α,β-unsaturated/α-hetero) is 1. The molecule has 5 nitrogen and oxygen atoms in total. The van der Waals surface area contributed by atoms with Crippen molar-refractivity contribution in [2.75, 3.05) is 19.7 Å². The van der Waals surface area contributed by atoms with Gasteiger partial charge in [0.25, 0.3) is 5.91 Å². The molecule has 0 spiro atoms. The minimum Gasteiger partial charge on any atom is -0.483 e. The second-order valence-corrected chi connectivity index (χ2v) is 7.79. The van der Waals surface area contributed by atoms with E-state index in [2.05, 4.69) is 4.90 Å². The number of halogens is 2. The maximum absolute atomic E-state index is 13.4. The van der Waals surface area contributed by atoms with Gasteiger partial charge in [0.2, 0.25) is 0 Å². The molecule has 1 aliphatic rings. The first-order chi connectivity index (χ1) is 14.2. The number of ether oxygens (including phenoxy) is 1. The van der Waals surface area contributed by atoms with Crippen molar-refractivity contribution in [1.29, 1.82) is 0 Å². The van der Waals surface area contributed by atoms with Crippen LogP contribution in [0.2, 0.25) is 0 Å². The average Bonchev–Trinajstić information content (AvgIpc) is 2.70. The number of hydrogen-bond acceptors (Lipinski definition) is 4. The van der Waals surface area contributed by atoms with E-state index in [0.717, 1.165) is 11.6 Å². The van der Waals surface area contributed by atoms with Crippen LogP contribution in [0.5, 0.6) is 5.75 Å². The second-order valence-electron chi connectivity index (χ2n) is 7.79. The third-order valence-corrected chi connectivity index (χ3v) is 5.41. The molecular weight excluding hydrogens is 390 g/mol. The molecule has 160 valence electrons. The Balaban J connectivity index is 1.60. The van der Waals surface area contributed by atoms with Gasteiger partial charge in [-0.1, -0.05) is 12.1 Å². The highest BCUT2D eigenvalue weighted by Gasteiger charge is 2.32. The monoisotopic (exact) mass is 416 g/mol. The van der Waals surface area contributed by atoms with Crippen LogP contribution < -0.4 is 4.74 Å². The van der Waals surface area contributed by atoms with Crippen molar-refractivity contribution in [1.82, 2.24) is 9.80 Å². The maximum atomic E-state index is 13.4. The molecule has 0 aromatic heterocycles. The molecule has 1 heterocycles. The molecule has 1 fully saturated rings. The van der Waals surface area contributed by atoms with Crippen LogP contribution in [0.4, 0.5) is 8.78 Å². The Kier molecular flexibility index (Phi) is 6.82. The fourth-order valence-electron chi connectivity index (χ4n) is 3.72. The quantitative estimate of drug-likeness (QED) is 0.675. The minimum atomic E-state index is -0.529. The Labute approximate surface area is 175 Å². The van der Waals surface area contributed by atoms with Crippen molar-refractivity contribution in [3.05, 3.63) is 65.2 Å². The molecule has 1 aliphatic heterocycles. The third-order valence-electron chi connectivity index (χ3n) is 5.41. The van der Waals surface area contributed by atoms with Gasteiger partial charge in [-0.3, -0.25) is 14.5 Å². The van der Waals surface area contributed by atoms with Crippen LogP contribution in [0.1, 0.15) is 36.7 Å². The van der Waals surface area contributed by atoms with Gasteiger partial charge >= 0.3 is 0 Å². The van der Waals surface area contributed by atoms with E-state index in [0.29, 0.717) is 19.6 Å². The largest absolute Gasteiger partial charge is 0.483 e. The number of benzene rings is 2. The van der Waals surface area contributed by atoms with E-state index in [1.165, 1.54) is 31.2 Å². The fourth-order valence-corrected chi connectivity index (χ4v) is 3.72. The molecule has 0 N–H and O–H groups in total. The standard InChI is InChI=1S/C23H26F2N2O3/c1-15-12-27(16(2)11-26(15)13-18-4-6-19(24)7-5-18)23(29)14-30-22-9-8-20(25)10-21(22)17(3)28/h4-10,15-16H,11-14H2,1-3H3/t15-,16+/m0/s1. The molecule has 0 bridgehead atoms. The molecule has 0 unspecified atom stereocenters. The lowest BCUT2D eigenvalue weighted by molar-refractivity contribution is -0.139. The Morgan fingerprint density at radius 1 is 1.00 bits per heavy atom. The molecule has 30 heavy (non-hydrogen) atoms. The highest BCUT2D eigenvalue weighted by Crippen LogP contribution is 2.22. The van der Waals surface area contributed by atoms with Crippen molar-refractivity contribution in [2.24, 2.45) is 0 Å². The van der Waals surface area contributed by atoms with Gasteiger partial charge in [-0.05, 0) is 56.7 Å². The van der Waals surface area contributed by atoms with Crippen LogP contribution in [0.15, 0.2) is 42.5 Å². The van der Waals surface area contributed by atoms with Crippen molar-refractivity contribution in [3.63, 3.8) is 0 Å². The highest BCUT2D eigenvalue weighted by molar-refractivity contribution is 5.96. The van der Waals surface area contributed by atoms with E-state index in [1.54, 1.807) is 17.0 Å². The van der Waals surface area contributed by atoms with E-state index >= 15 is 0 Å². The number of carbonyl (C=O) groups is 2. The van der Waals surface area contributed by atoms with Crippen molar-refractivity contribution >= 4 is 11.7 Å². The summed E-state index contributed by atoms with van der Waals surface area (Å²) in [5.41, 5.74) is 1.14. The minimum absolute atomic E-state index is 0.0294. The summed E-state index contributed by atoms with van der Waals surface area (Å²) in [4.78, 5) is 28.5. The van der Waals surface area contributed by atoms with E-state index in [9.17, 15) is 18.4 Å². The van der Waals surface area contributed by atoms with Gasteiger partial charge in [0.15, 0.2) is 12.4 Å². The van der Waals surface area contributed by atoms with Gasteiger partial charge in [-0.25, -0.2) is 8.78 Å². The van der Waals surface area contributed by atoms with E-state index < -0.39 is 5.82 Å². The van der Waals surface area contributed by atoms with Gasteiger partial charge in [0.1, 0.15) is 17.4 Å².